The lowest BCUT2D eigenvalue weighted by atomic mass is 9.87. The van der Waals surface area contributed by atoms with Crippen LogP contribution in [-0.4, -0.2) is 6.10 Å². The Balaban J connectivity index is 2.09. The lowest BCUT2D eigenvalue weighted by Gasteiger charge is -2.24. The molecule has 0 aromatic heterocycles. The molecule has 0 saturated heterocycles. The quantitative estimate of drug-likeness (QED) is 0.730. The van der Waals surface area contributed by atoms with Crippen molar-refractivity contribution in [3.05, 3.63) is 29.6 Å². The van der Waals surface area contributed by atoms with Crippen LogP contribution in [0.15, 0.2) is 18.2 Å². The van der Waals surface area contributed by atoms with Crippen LogP contribution in [0.25, 0.3) is 0 Å². The van der Waals surface area contributed by atoms with Crippen molar-refractivity contribution in [1.82, 2.24) is 0 Å². The first-order valence-electron chi connectivity index (χ1n) is 6.93. The van der Waals surface area contributed by atoms with Gasteiger partial charge in [-0.25, -0.2) is 4.39 Å². The summed E-state index contributed by atoms with van der Waals surface area (Å²) >= 11 is 0. The van der Waals surface area contributed by atoms with E-state index >= 15 is 0 Å². The van der Waals surface area contributed by atoms with Gasteiger partial charge in [0.1, 0.15) is 0 Å². The van der Waals surface area contributed by atoms with Crippen LogP contribution in [0.3, 0.4) is 0 Å². The zero-order valence-electron chi connectivity index (χ0n) is 11.6. The summed E-state index contributed by atoms with van der Waals surface area (Å²) < 4.78 is 19.8. The Labute approximate surface area is 109 Å². The van der Waals surface area contributed by atoms with Crippen LogP contribution in [0.5, 0.6) is 5.75 Å². The summed E-state index contributed by atoms with van der Waals surface area (Å²) in [5.41, 5.74) is 0.987. The molecule has 18 heavy (non-hydrogen) atoms. The third-order valence-corrected chi connectivity index (χ3v) is 3.64. The van der Waals surface area contributed by atoms with Gasteiger partial charge in [0.15, 0.2) is 11.6 Å². The van der Waals surface area contributed by atoms with Gasteiger partial charge in [-0.15, -0.1) is 0 Å². The fourth-order valence-electron chi connectivity index (χ4n) is 2.43. The lowest BCUT2D eigenvalue weighted by molar-refractivity contribution is 0.148. The van der Waals surface area contributed by atoms with Crippen LogP contribution in [0.2, 0.25) is 0 Å². The molecule has 0 atom stereocenters. The van der Waals surface area contributed by atoms with Crippen molar-refractivity contribution in [1.29, 1.82) is 0 Å². The maximum atomic E-state index is 14.0. The highest BCUT2D eigenvalue weighted by atomic mass is 19.1. The van der Waals surface area contributed by atoms with Gasteiger partial charge in [-0.3, -0.25) is 0 Å². The maximum absolute atomic E-state index is 14.0. The molecule has 2 rings (SSSR count). The Morgan fingerprint density at radius 1 is 1.11 bits per heavy atom. The summed E-state index contributed by atoms with van der Waals surface area (Å²) in [5.74, 6) is 0.183. The molecule has 1 nitrogen and oxygen atoms in total. The molecular formula is C16H23FO. The average molecular weight is 250 g/mol. The Morgan fingerprint density at radius 2 is 1.78 bits per heavy atom. The summed E-state index contributed by atoms with van der Waals surface area (Å²) in [4.78, 5) is 0. The van der Waals surface area contributed by atoms with Gasteiger partial charge in [0.2, 0.25) is 0 Å². The first-order chi connectivity index (χ1) is 8.47. The monoisotopic (exact) mass is 250 g/mol. The van der Waals surface area contributed by atoms with Gasteiger partial charge < -0.3 is 4.74 Å². The summed E-state index contributed by atoms with van der Waals surface area (Å²) in [6.45, 7) is 6.26. The summed E-state index contributed by atoms with van der Waals surface area (Å²) in [5, 5.41) is 0. The third-order valence-electron chi connectivity index (χ3n) is 3.64. The lowest BCUT2D eigenvalue weighted by Crippen LogP contribution is -2.20. The van der Waals surface area contributed by atoms with E-state index in [2.05, 4.69) is 20.8 Å². The van der Waals surface area contributed by atoms with Crippen molar-refractivity contribution in [3.8, 4) is 5.75 Å². The molecule has 1 aliphatic rings. The van der Waals surface area contributed by atoms with Crippen molar-refractivity contribution >= 4 is 0 Å². The molecule has 0 bridgehead atoms. The fourth-order valence-corrected chi connectivity index (χ4v) is 2.43. The second-order valence-electron chi connectivity index (χ2n) is 6.27. The number of hydrogen-bond acceptors (Lipinski definition) is 1. The summed E-state index contributed by atoms with van der Waals surface area (Å²) in [7, 11) is 0. The highest BCUT2D eigenvalue weighted by molar-refractivity contribution is 5.33. The van der Waals surface area contributed by atoms with Crippen LogP contribution in [0.1, 0.15) is 58.4 Å². The normalized spacial score (nSPS) is 17.8. The van der Waals surface area contributed by atoms with Gasteiger partial charge >= 0.3 is 0 Å². The highest BCUT2D eigenvalue weighted by Crippen LogP contribution is 2.29. The van der Waals surface area contributed by atoms with E-state index in [1.165, 1.54) is 19.3 Å². The zero-order chi connectivity index (χ0) is 13.2. The molecule has 1 aromatic carbocycles. The molecule has 0 unspecified atom stereocenters. The van der Waals surface area contributed by atoms with E-state index < -0.39 is 0 Å². The van der Waals surface area contributed by atoms with E-state index in [1.807, 2.05) is 6.07 Å². The van der Waals surface area contributed by atoms with E-state index in [1.54, 1.807) is 12.1 Å². The average Bonchev–Trinajstić information content (AvgIpc) is 2.32. The van der Waals surface area contributed by atoms with Crippen LogP contribution >= 0.6 is 0 Å². The van der Waals surface area contributed by atoms with Crippen LogP contribution in [0.4, 0.5) is 4.39 Å². The molecule has 0 N–H and O–H groups in total. The second kappa shape index (κ2) is 5.29. The largest absolute Gasteiger partial charge is 0.487 e. The molecule has 0 heterocycles. The first-order valence-corrected chi connectivity index (χ1v) is 6.93. The SMILES string of the molecule is CC(C)(C)c1ccc(OC2CCCCC2)c(F)c1. The molecule has 0 amide bonds. The molecule has 0 aliphatic heterocycles. The van der Waals surface area contributed by atoms with Crippen LogP contribution < -0.4 is 4.74 Å². The van der Waals surface area contributed by atoms with Gasteiger partial charge in [0.05, 0.1) is 6.10 Å². The minimum Gasteiger partial charge on any atom is -0.487 e. The Hall–Kier alpha value is -1.05. The highest BCUT2D eigenvalue weighted by Gasteiger charge is 2.19. The van der Waals surface area contributed by atoms with Gasteiger partial charge in [0, 0.05) is 0 Å². The summed E-state index contributed by atoms with van der Waals surface area (Å²) in [6.07, 6.45) is 6.00. The van der Waals surface area contributed by atoms with Crippen LogP contribution in [-0.2, 0) is 5.41 Å². The van der Waals surface area contributed by atoms with Gasteiger partial charge in [-0.2, -0.15) is 0 Å². The number of hydrogen-bond donors (Lipinski definition) is 0. The van der Waals surface area contributed by atoms with E-state index in [9.17, 15) is 4.39 Å². The molecule has 0 radical (unpaired) electrons. The molecule has 1 aromatic rings. The van der Waals surface area contributed by atoms with Crippen molar-refractivity contribution in [2.24, 2.45) is 0 Å². The molecule has 1 fully saturated rings. The Morgan fingerprint density at radius 3 is 2.33 bits per heavy atom. The Bertz CT molecular complexity index is 400. The molecular weight excluding hydrogens is 227 g/mol. The van der Waals surface area contributed by atoms with Crippen molar-refractivity contribution < 1.29 is 9.13 Å². The number of benzene rings is 1. The molecule has 2 heteroatoms. The zero-order valence-corrected chi connectivity index (χ0v) is 11.6. The topological polar surface area (TPSA) is 9.23 Å². The molecule has 1 aliphatic carbocycles. The van der Waals surface area contributed by atoms with Gasteiger partial charge in [0.25, 0.3) is 0 Å². The predicted octanol–water partition coefficient (Wildman–Crippen LogP) is 4.83. The molecule has 1 saturated carbocycles. The minimum absolute atomic E-state index is 0.0236. The number of ether oxygens (including phenoxy) is 1. The first kappa shape index (κ1) is 13.4. The summed E-state index contributed by atoms with van der Waals surface area (Å²) in [6, 6.07) is 5.37. The number of halogens is 1. The molecule has 0 spiro atoms. The number of rotatable bonds is 2. The fraction of sp³-hybridized carbons (Fsp3) is 0.625. The second-order valence-corrected chi connectivity index (χ2v) is 6.27. The third kappa shape index (κ3) is 3.24. The van der Waals surface area contributed by atoms with E-state index in [-0.39, 0.29) is 17.3 Å². The Kier molecular flexibility index (Phi) is 3.94. The van der Waals surface area contributed by atoms with Crippen molar-refractivity contribution in [2.75, 3.05) is 0 Å². The maximum Gasteiger partial charge on any atom is 0.165 e. The predicted molar refractivity (Wildman–Crippen MR) is 72.6 cm³/mol. The van der Waals surface area contributed by atoms with Gasteiger partial charge in [-0.05, 0) is 48.8 Å². The molecule has 100 valence electrons. The van der Waals surface area contributed by atoms with Crippen molar-refractivity contribution in [2.45, 2.75) is 64.4 Å². The van der Waals surface area contributed by atoms with Crippen LogP contribution in [0, 0.1) is 5.82 Å². The van der Waals surface area contributed by atoms with E-state index in [0.717, 1.165) is 18.4 Å². The van der Waals surface area contributed by atoms with Crippen molar-refractivity contribution in [3.63, 3.8) is 0 Å². The minimum atomic E-state index is -0.229. The van der Waals surface area contributed by atoms with E-state index in [0.29, 0.717) is 5.75 Å². The van der Waals surface area contributed by atoms with E-state index in [4.69, 9.17) is 4.74 Å². The smallest absolute Gasteiger partial charge is 0.165 e. The standard InChI is InChI=1S/C16H23FO/c1-16(2,3)12-9-10-15(14(17)11-12)18-13-7-5-4-6-8-13/h9-11,13H,4-8H2,1-3H3. The van der Waals surface area contributed by atoms with Gasteiger partial charge in [-0.1, -0.05) is 33.3 Å².